The molecule has 0 bridgehead atoms. The smallest absolute Gasteiger partial charge is 0.257 e. The third-order valence-corrected chi connectivity index (χ3v) is 4.46. The van der Waals surface area contributed by atoms with E-state index in [4.69, 9.17) is 16.0 Å². The van der Waals surface area contributed by atoms with Gasteiger partial charge >= 0.3 is 0 Å². The molecule has 0 aliphatic heterocycles. The molecule has 7 heteroatoms. The van der Waals surface area contributed by atoms with Crippen molar-refractivity contribution in [2.75, 3.05) is 5.32 Å². The molecule has 1 aromatic carbocycles. The highest BCUT2D eigenvalue weighted by molar-refractivity contribution is 7.15. The fourth-order valence-electron chi connectivity index (χ4n) is 2.13. The van der Waals surface area contributed by atoms with Crippen molar-refractivity contribution in [2.45, 2.75) is 20.3 Å². The topological polar surface area (TPSA) is 68.0 Å². The highest BCUT2D eigenvalue weighted by atomic mass is 35.5. The lowest BCUT2D eigenvalue weighted by Crippen LogP contribution is -2.14. The summed E-state index contributed by atoms with van der Waals surface area (Å²) in [6.45, 7) is 3.68. The number of rotatable bonds is 4. The minimum atomic E-state index is -0.0959. The van der Waals surface area contributed by atoms with Crippen LogP contribution >= 0.6 is 22.9 Å². The number of anilines is 1. The van der Waals surface area contributed by atoms with Gasteiger partial charge < -0.3 is 9.73 Å². The maximum absolute atomic E-state index is 12.2. The number of amides is 1. The Labute approximate surface area is 142 Å². The Hall–Kier alpha value is -2.18. The maximum Gasteiger partial charge on any atom is 0.257 e. The van der Waals surface area contributed by atoms with Gasteiger partial charge in [-0.1, -0.05) is 23.7 Å². The number of carbonyl (C=O) groups excluding carboxylic acids is 1. The minimum absolute atomic E-state index is 0.0959. The number of halogens is 1. The molecule has 5 nitrogen and oxygen atoms in total. The first-order valence-electron chi connectivity index (χ1n) is 6.96. The Bertz CT molecular complexity index is 857. The lowest BCUT2D eigenvalue weighted by molar-refractivity contribution is -0.115. The molecule has 1 N–H and O–H groups in total. The van der Waals surface area contributed by atoms with Crippen molar-refractivity contribution >= 4 is 34.5 Å². The molecule has 0 saturated carbocycles. The molecule has 118 valence electrons. The van der Waals surface area contributed by atoms with Gasteiger partial charge in [0.15, 0.2) is 0 Å². The summed E-state index contributed by atoms with van der Waals surface area (Å²) in [6.07, 6.45) is 0.269. The van der Waals surface area contributed by atoms with Gasteiger partial charge in [-0.15, -0.1) is 21.5 Å². The Balaban J connectivity index is 1.72. The third-order valence-electron chi connectivity index (χ3n) is 3.18. The number of nitrogens with one attached hydrogen (secondary N) is 1. The van der Waals surface area contributed by atoms with Crippen LogP contribution in [-0.2, 0) is 11.2 Å². The minimum Gasteiger partial charge on any atom is -0.420 e. The van der Waals surface area contributed by atoms with Crippen molar-refractivity contribution in [1.82, 2.24) is 10.2 Å². The summed E-state index contributed by atoms with van der Waals surface area (Å²) in [4.78, 5) is 14.0. The molecular weight excluding hydrogens is 334 g/mol. The number of aromatic nitrogens is 2. The number of benzene rings is 1. The van der Waals surface area contributed by atoms with Crippen molar-refractivity contribution in [1.29, 1.82) is 0 Å². The van der Waals surface area contributed by atoms with Crippen LogP contribution in [0.2, 0.25) is 5.02 Å². The van der Waals surface area contributed by atoms with Crippen LogP contribution < -0.4 is 5.32 Å². The summed E-state index contributed by atoms with van der Waals surface area (Å²) in [6, 6.07) is 9.12. The first kappa shape index (κ1) is 15.7. The normalized spacial score (nSPS) is 10.7. The fourth-order valence-corrected chi connectivity index (χ4v) is 3.24. The number of hydrogen-bond acceptors (Lipinski definition) is 5. The van der Waals surface area contributed by atoms with Crippen LogP contribution in [0.1, 0.15) is 16.3 Å². The Morgan fingerprint density at radius 1 is 1.30 bits per heavy atom. The molecule has 0 fully saturated rings. The van der Waals surface area contributed by atoms with Gasteiger partial charge in [-0.05, 0) is 30.7 Å². The number of carbonyl (C=O) groups is 1. The average Bonchev–Trinajstić information content (AvgIpc) is 3.06. The molecule has 0 radical (unpaired) electrons. The van der Waals surface area contributed by atoms with Gasteiger partial charge in [0.2, 0.25) is 11.8 Å². The molecule has 0 aliphatic carbocycles. The SMILES string of the molecule is Cc1nnc(-c2cc(NC(=O)Cc3cccc(Cl)c3)c(C)s2)o1. The molecule has 3 aromatic rings. The van der Waals surface area contributed by atoms with E-state index in [1.54, 1.807) is 19.1 Å². The molecule has 1 amide bonds. The number of hydrogen-bond donors (Lipinski definition) is 1. The molecule has 2 heterocycles. The number of nitrogens with zero attached hydrogens (tertiary/aromatic N) is 2. The predicted molar refractivity (Wildman–Crippen MR) is 90.9 cm³/mol. The molecule has 0 aliphatic rings. The second-order valence-corrected chi connectivity index (χ2v) is 6.75. The Morgan fingerprint density at radius 2 is 2.13 bits per heavy atom. The van der Waals surface area contributed by atoms with Gasteiger partial charge in [-0.25, -0.2) is 0 Å². The molecule has 23 heavy (non-hydrogen) atoms. The summed E-state index contributed by atoms with van der Waals surface area (Å²) in [5, 5.41) is 11.3. The first-order valence-corrected chi connectivity index (χ1v) is 8.16. The summed E-state index contributed by atoms with van der Waals surface area (Å²) >= 11 is 7.43. The van der Waals surface area contributed by atoms with Gasteiger partial charge in [0.05, 0.1) is 17.0 Å². The highest BCUT2D eigenvalue weighted by Gasteiger charge is 2.14. The molecule has 0 atom stereocenters. The number of aryl methyl sites for hydroxylation is 2. The van der Waals surface area contributed by atoms with Crippen molar-refractivity contribution in [3.8, 4) is 10.8 Å². The average molecular weight is 348 g/mol. The standard InChI is InChI=1S/C16H14ClN3O2S/c1-9-13(8-14(23-9)16-20-19-10(2)22-16)18-15(21)7-11-4-3-5-12(17)6-11/h3-6,8H,7H2,1-2H3,(H,18,21). The second-order valence-electron chi connectivity index (χ2n) is 5.06. The van der Waals surface area contributed by atoms with Crippen LogP contribution in [0.4, 0.5) is 5.69 Å². The van der Waals surface area contributed by atoms with E-state index in [9.17, 15) is 4.79 Å². The summed E-state index contributed by atoms with van der Waals surface area (Å²) in [5.74, 6) is 0.880. The number of thiophene rings is 1. The highest BCUT2D eigenvalue weighted by Crippen LogP contribution is 2.33. The van der Waals surface area contributed by atoms with Gasteiger partial charge in [0, 0.05) is 16.8 Å². The van der Waals surface area contributed by atoms with Crippen LogP contribution in [0.25, 0.3) is 10.8 Å². The zero-order valence-electron chi connectivity index (χ0n) is 12.6. The van der Waals surface area contributed by atoms with E-state index >= 15 is 0 Å². The van der Waals surface area contributed by atoms with E-state index in [2.05, 4.69) is 15.5 Å². The molecule has 0 saturated heterocycles. The van der Waals surface area contributed by atoms with E-state index in [1.807, 2.05) is 25.1 Å². The zero-order chi connectivity index (χ0) is 16.4. The fraction of sp³-hybridized carbons (Fsp3) is 0.188. The van der Waals surface area contributed by atoms with E-state index < -0.39 is 0 Å². The zero-order valence-corrected chi connectivity index (χ0v) is 14.2. The molecule has 0 spiro atoms. The van der Waals surface area contributed by atoms with E-state index in [0.717, 1.165) is 21.0 Å². The maximum atomic E-state index is 12.2. The van der Waals surface area contributed by atoms with Crippen molar-refractivity contribution in [2.24, 2.45) is 0 Å². The van der Waals surface area contributed by atoms with Crippen molar-refractivity contribution in [3.63, 3.8) is 0 Å². The van der Waals surface area contributed by atoms with Crippen LogP contribution in [0, 0.1) is 13.8 Å². The van der Waals surface area contributed by atoms with E-state index in [1.165, 1.54) is 11.3 Å². The van der Waals surface area contributed by atoms with Gasteiger partial charge in [-0.3, -0.25) is 4.79 Å². The largest absolute Gasteiger partial charge is 0.420 e. The Kier molecular flexibility index (Phi) is 4.45. The van der Waals surface area contributed by atoms with Gasteiger partial charge in [0.1, 0.15) is 0 Å². The van der Waals surface area contributed by atoms with Crippen LogP contribution in [0.3, 0.4) is 0 Å². The molecule has 2 aromatic heterocycles. The van der Waals surface area contributed by atoms with Crippen LogP contribution in [0.15, 0.2) is 34.7 Å². The summed E-state index contributed by atoms with van der Waals surface area (Å²) in [7, 11) is 0. The predicted octanol–water partition coefficient (Wildman–Crippen LogP) is 4.25. The monoisotopic (exact) mass is 347 g/mol. The van der Waals surface area contributed by atoms with E-state index in [0.29, 0.717) is 16.8 Å². The van der Waals surface area contributed by atoms with E-state index in [-0.39, 0.29) is 12.3 Å². The molecule has 0 unspecified atom stereocenters. The lowest BCUT2D eigenvalue weighted by atomic mass is 10.1. The second kappa shape index (κ2) is 6.52. The summed E-state index contributed by atoms with van der Waals surface area (Å²) < 4.78 is 5.41. The lowest BCUT2D eigenvalue weighted by Gasteiger charge is -2.04. The Morgan fingerprint density at radius 3 is 2.83 bits per heavy atom. The van der Waals surface area contributed by atoms with Gasteiger partial charge in [0.25, 0.3) is 5.89 Å². The van der Waals surface area contributed by atoms with Crippen LogP contribution in [-0.4, -0.2) is 16.1 Å². The summed E-state index contributed by atoms with van der Waals surface area (Å²) in [5.41, 5.74) is 1.63. The van der Waals surface area contributed by atoms with Gasteiger partial charge in [-0.2, -0.15) is 0 Å². The third kappa shape index (κ3) is 3.78. The van der Waals surface area contributed by atoms with Crippen molar-refractivity contribution < 1.29 is 9.21 Å². The first-order chi connectivity index (χ1) is 11.0. The van der Waals surface area contributed by atoms with Crippen molar-refractivity contribution in [3.05, 3.63) is 51.7 Å². The molecular formula is C16H14ClN3O2S. The van der Waals surface area contributed by atoms with Crippen LogP contribution in [0.5, 0.6) is 0 Å². The quantitative estimate of drug-likeness (QED) is 0.766. The molecule has 3 rings (SSSR count).